The minimum Gasteiger partial charge on any atom is -0.508 e. The lowest BCUT2D eigenvalue weighted by Gasteiger charge is -2.25. The van der Waals surface area contributed by atoms with E-state index in [4.69, 9.17) is 0 Å². The van der Waals surface area contributed by atoms with E-state index in [9.17, 15) is 14.7 Å². The summed E-state index contributed by atoms with van der Waals surface area (Å²) in [5.74, 6) is 1.42. The molecular weight excluding hydrogens is 264 g/mol. The fourth-order valence-corrected chi connectivity index (χ4v) is 3.42. The number of nitrogens with zero attached hydrogens (tertiary/aromatic N) is 2. The van der Waals surface area contributed by atoms with E-state index >= 15 is 0 Å². The number of carbonyl (C=O) groups excluding carboxylic acids is 2. The van der Waals surface area contributed by atoms with Crippen LogP contribution in [0, 0.1) is 6.92 Å². The number of carbonyl (C=O) groups is 2. The molecule has 0 aliphatic carbocycles. The molecule has 0 spiro atoms. The number of benzene rings is 1. The van der Waals surface area contributed by atoms with Gasteiger partial charge in [-0.25, -0.2) is 9.69 Å². The van der Waals surface area contributed by atoms with Crippen LogP contribution >= 0.6 is 11.8 Å². The van der Waals surface area contributed by atoms with E-state index in [2.05, 4.69) is 0 Å². The SMILES string of the molecule is Cc1ccc(N2C(=O)C3CSCCN3C2=O)cc1O. The molecule has 100 valence electrons. The number of aryl methyl sites for hydroxylation is 1. The molecule has 1 unspecified atom stereocenters. The minimum atomic E-state index is -0.352. The van der Waals surface area contributed by atoms with E-state index in [-0.39, 0.29) is 23.7 Å². The molecule has 0 bridgehead atoms. The van der Waals surface area contributed by atoms with Crippen LogP contribution in [0.2, 0.25) is 0 Å². The highest BCUT2D eigenvalue weighted by Crippen LogP contribution is 2.32. The Kier molecular flexibility index (Phi) is 2.89. The van der Waals surface area contributed by atoms with E-state index in [1.807, 2.05) is 0 Å². The average molecular weight is 278 g/mol. The van der Waals surface area contributed by atoms with E-state index in [1.54, 1.807) is 35.7 Å². The van der Waals surface area contributed by atoms with E-state index in [1.165, 1.54) is 11.0 Å². The number of anilines is 1. The second-order valence-electron chi connectivity index (χ2n) is 4.71. The third-order valence-corrected chi connectivity index (χ3v) is 4.54. The van der Waals surface area contributed by atoms with E-state index in [0.29, 0.717) is 18.0 Å². The first kappa shape index (κ1) is 12.3. The van der Waals surface area contributed by atoms with Crippen molar-refractivity contribution in [3.8, 4) is 5.75 Å². The number of thioether (sulfide) groups is 1. The molecule has 5 nitrogen and oxygen atoms in total. The summed E-state index contributed by atoms with van der Waals surface area (Å²) in [6.07, 6.45) is 0. The van der Waals surface area contributed by atoms with Gasteiger partial charge in [-0.3, -0.25) is 4.79 Å². The van der Waals surface area contributed by atoms with Crippen molar-refractivity contribution < 1.29 is 14.7 Å². The molecule has 0 saturated carbocycles. The third-order valence-electron chi connectivity index (χ3n) is 3.52. The first-order valence-electron chi connectivity index (χ1n) is 6.11. The zero-order chi connectivity index (χ0) is 13.6. The van der Waals surface area contributed by atoms with Gasteiger partial charge < -0.3 is 10.0 Å². The Hall–Kier alpha value is -1.69. The van der Waals surface area contributed by atoms with Gasteiger partial charge in [0.05, 0.1) is 5.69 Å². The Labute approximate surface area is 115 Å². The van der Waals surface area contributed by atoms with Gasteiger partial charge in [-0.1, -0.05) is 6.07 Å². The molecule has 1 N–H and O–H groups in total. The molecule has 2 aliphatic rings. The zero-order valence-corrected chi connectivity index (χ0v) is 11.3. The van der Waals surface area contributed by atoms with E-state index in [0.717, 1.165) is 11.3 Å². The standard InChI is InChI=1S/C13H14N2O3S/c1-8-2-3-9(6-11(8)16)15-12(17)10-7-19-5-4-14(10)13(15)18/h2-3,6,10,16H,4-5,7H2,1H3. The van der Waals surface area contributed by atoms with Crippen molar-refractivity contribution in [2.75, 3.05) is 23.0 Å². The van der Waals surface area contributed by atoms with Crippen LogP contribution in [-0.2, 0) is 4.79 Å². The number of aromatic hydroxyl groups is 1. The largest absolute Gasteiger partial charge is 0.508 e. The monoisotopic (exact) mass is 278 g/mol. The summed E-state index contributed by atoms with van der Waals surface area (Å²) in [4.78, 5) is 27.4. The van der Waals surface area contributed by atoms with Crippen LogP contribution < -0.4 is 4.90 Å². The topological polar surface area (TPSA) is 60.9 Å². The van der Waals surface area contributed by atoms with Crippen molar-refractivity contribution in [3.05, 3.63) is 23.8 Å². The fourth-order valence-electron chi connectivity index (χ4n) is 2.38. The maximum absolute atomic E-state index is 12.3. The summed E-state index contributed by atoms with van der Waals surface area (Å²) in [5, 5.41) is 9.72. The Morgan fingerprint density at radius 3 is 2.84 bits per heavy atom. The highest BCUT2D eigenvalue weighted by molar-refractivity contribution is 7.99. The van der Waals surface area contributed by atoms with Gasteiger partial charge in [-0.15, -0.1) is 0 Å². The van der Waals surface area contributed by atoms with Crippen molar-refractivity contribution in [2.24, 2.45) is 0 Å². The molecule has 0 radical (unpaired) electrons. The Morgan fingerprint density at radius 2 is 2.16 bits per heavy atom. The predicted octanol–water partition coefficient (Wildman–Crippen LogP) is 1.58. The fraction of sp³-hybridized carbons (Fsp3) is 0.385. The molecule has 19 heavy (non-hydrogen) atoms. The molecule has 1 aromatic carbocycles. The highest BCUT2D eigenvalue weighted by atomic mass is 32.2. The van der Waals surface area contributed by atoms with Crippen LogP contribution in [0.25, 0.3) is 0 Å². The summed E-state index contributed by atoms with van der Waals surface area (Å²) in [6.45, 7) is 2.38. The molecule has 2 aliphatic heterocycles. The van der Waals surface area contributed by atoms with Gasteiger partial charge in [0, 0.05) is 24.1 Å². The van der Waals surface area contributed by atoms with Gasteiger partial charge in [-0.2, -0.15) is 11.8 Å². The Balaban J connectivity index is 1.98. The van der Waals surface area contributed by atoms with Crippen molar-refractivity contribution in [1.29, 1.82) is 0 Å². The summed E-state index contributed by atoms with van der Waals surface area (Å²) in [7, 11) is 0. The molecular formula is C13H14N2O3S. The van der Waals surface area contributed by atoms with Gasteiger partial charge >= 0.3 is 6.03 Å². The lowest BCUT2D eigenvalue weighted by molar-refractivity contribution is -0.119. The minimum absolute atomic E-state index is 0.0948. The molecule has 0 aromatic heterocycles. The number of hydrogen-bond donors (Lipinski definition) is 1. The zero-order valence-electron chi connectivity index (χ0n) is 10.5. The second kappa shape index (κ2) is 4.45. The van der Waals surface area contributed by atoms with Crippen LogP contribution in [0.1, 0.15) is 5.56 Å². The number of fused-ring (bicyclic) bond motifs is 1. The Bertz CT molecular complexity index is 537. The van der Waals surface area contributed by atoms with Gasteiger partial charge in [0.1, 0.15) is 11.8 Å². The molecule has 1 aromatic rings. The van der Waals surface area contributed by atoms with Crippen LogP contribution in [0.15, 0.2) is 18.2 Å². The number of urea groups is 1. The first-order valence-corrected chi connectivity index (χ1v) is 7.27. The van der Waals surface area contributed by atoms with Gasteiger partial charge in [0.2, 0.25) is 0 Å². The lowest BCUT2D eigenvalue weighted by atomic mass is 10.2. The lowest BCUT2D eigenvalue weighted by Crippen LogP contribution is -2.41. The highest BCUT2D eigenvalue weighted by Gasteiger charge is 2.46. The van der Waals surface area contributed by atoms with E-state index < -0.39 is 0 Å². The van der Waals surface area contributed by atoms with Gasteiger partial charge in [0.15, 0.2) is 0 Å². The predicted molar refractivity (Wildman–Crippen MR) is 73.5 cm³/mol. The Morgan fingerprint density at radius 1 is 1.37 bits per heavy atom. The molecule has 6 heteroatoms. The third kappa shape index (κ3) is 1.87. The van der Waals surface area contributed by atoms with Crippen LogP contribution in [0.5, 0.6) is 5.75 Å². The van der Waals surface area contributed by atoms with Crippen molar-refractivity contribution in [1.82, 2.24) is 4.90 Å². The second-order valence-corrected chi connectivity index (χ2v) is 5.86. The molecule has 1 atom stereocenters. The molecule has 3 amide bonds. The number of amides is 3. The maximum atomic E-state index is 12.3. The number of imide groups is 1. The number of hydrogen-bond acceptors (Lipinski definition) is 4. The van der Waals surface area contributed by atoms with Crippen LogP contribution in [0.4, 0.5) is 10.5 Å². The first-order chi connectivity index (χ1) is 9.09. The van der Waals surface area contributed by atoms with Crippen molar-refractivity contribution in [3.63, 3.8) is 0 Å². The summed E-state index contributed by atoms with van der Waals surface area (Å²) in [5.41, 5.74) is 1.16. The summed E-state index contributed by atoms with van der Waals surface area (Å²) < 4.78 is 0. The van der Waals surface area contributed by atoms with Crippen LogP contribution in [0.3, 0.4) is 0 Å². The van der Waals surface area contributed by atoms with Crippen molar-refractivity contribution >= 4 is 29.4 Å². The molecule has 3 rings (SSSR count). The normalized spacial score (nSPS) is 22.9. The van der Waals surface area contributed by atoms with Gasteiger partial charge in [-0.05, 0) is 18.6 Å². The smallest absolute Gasteiger partial charge is 0.332 e. The quantitative estimate of drug-likeness (QED) is 0.792. The molecule has 2 heterocycles. The average Bonchev–Trinajstić information content (AvgIpc) is 2.66. The molecule has 2 fully saturated rings. The molecule has 2 saturated heterocycles. The summed E-state index contributed by atoms with van der Waals surface area (Å²) in [6, 6.07) is 4.23. The number of phenolic OH excluding ortho intramolecular Hbond substituents is 1. The number of phenols is 1. The van der Waals surface area contributed by atoms with Gasteiger partial charge in [0.25, 0.3) is 5.91 Å². The van der Waals surface area contributed by atoms with Crippen molar-refractivity contribution in [2.45, 2.75) is 13.0 Å². The van der Waals surface area contributed by atoms with Crippen LogP contribution in [-0.4, -0.2) is 46.0 Å². The number of rotatable bonds is 1. The maximum Gasteiger partial charge on any atom is 0.332 e. The summed E-state index contributed by atoms with van der Waals surface area (Å²) >= 11 is 1.69.